The lowest BCUT2D eigenvalue weighted by atomic mass is 9.76. The van der Waals surface area contributed by atoms with E-state index in [-0.39, 0.29) is 11.4 Å². The van der Waals surface area contributed by atoms with Crippen LogP contribution in [0, 0.1) is 12.8 Å². The van der Waals surface area contributed by atoms with Crippen molar-refractivity contribution >= 4 is 5.91 Å². The van der Waals surface area contributed by atoms with Crippen molar-refractivity contribution < 1.29 is 4.79 Å². The van der Waals surface area contributed by atoms with E-state index in [0.29, 0.717) is 12.5 Å². The number of rotatable bonds is 3. The van der Waals surface area contributed by atoms with Crippen molar-refractivity contribution in [2.75, 3.05) is 6.54 Å². The van der Waals surface area contributed by atoms with Gasteiger partial charge < -0.3 is 11.1 Å². The summed E-state index contributed by atoms with van der Waals surface area (Å²) in [7, 11) is 0. The number of amides is 1. The van der Waals surface area contributed by atoms with Crippen LogP contribution in [0.4, 0.5) is 0 Å². The fourth-order valence-corrected chi connectivity index (χ4v) is 3.15. The highest BCUT2D eigenvalue weighted by Crippen LogP contribution is 2.31. The molecule has 104 valence electrons. The van der Waals surface area contributed by atoms with Crippen LogP contribution < -0.4 is 11.1 Å². The van der Waals surface area contributed by atoms with Gasteiger partial charge in [-0.1, -0.05) is 38.0 Å². The molecule has 1 aliphatic rings. The summed E-state index contributed by atoms with van der Waals surface area (Å²) in [6.07, 6.45) is 4.36. The molecule has 1 saturated carbocycles. The van der Waals surface area contributed by atoms with Crippen molar-refractivity contribution in [3.8, 4) is 0 Å². The van der Waals surface area contributed by atoms with E-state index < -0.39 is 0 Å². The first-order valence-electron chi connectivity index (χ1n) is 7.14. The Labute approximate surface area is 115 Å². The maximum atomic E-state index is 12.4. The average molecular weight is 260 g/mol. The molecule has 1 aliphatic carbocycles. The molecule has 2 unspecified atom stereocenters. The molecule has 0 radical (unpaired) electrons. The van der Waals surface area contributed by atoms with E-state index in [2.05, 4.69) is 12.2 Å². The van der Waals surface area contributed by atoms with Gasteiger partial charge in [-0.3, -0.25) is 4.79 Å². The van der Waals surface area contributed by atoms with Crippen molar-refractivity contribution in [2.24, 2.45) is 11.7 Å². The maximum absolute atomic E-state index is 12.4. The molecule has 3 N–H and O–H groups in total. The van der Waals surface area contributed by atoms with Crippen molar-refractivity contribution in [1.29, 1.82) is 0 Å². The zero-order valence-electron chi connectivity index (χ0n) is 11.9. The van der Waals surface area contributed by atoms with Gasteiger partial charge in [-0.05, 0) is 37.3 Å². The molecule has 1 aromatic rings. The molecule has 0 aromatic heterocycles. The summed E-state index contributed by atoms with van der Waals surface area (Å²) >= 11 is 0. The second-order valence-corrected chi connectivity index (χ2v) is 5.96. The van der Waals surface area contributed by atoms with Gasteiger partial charge >= 0.3 is 0 Å². The summed E-state index contributed by atoms with van der Waals surface area (Å²) in [6, 6.07) is 7.70. The fourth-order valence-electron chi connectivity index (χ4n) is 3.15. The third kappa shape index (κ3) is 3.16. The van der Waals surface area contributed by atoms with Crippen LogP contribution in [0.5, 0.6) is 0 Å². The first-order chi connectivity index (χ1) is 9.06. The Hall–Kier alpha value is -1.35. The number of hydrogen-bond donors (Lipinski definition) is 2. The number of aryl methyl sites for hydroxylation is 1. The molecular formula is C16H24N2O. The Morgan fingerprint density at radius 3 is 2.84 bits per heavy atom. The lowest BCUT2D eigenvalue weighted by Crippen LogP contribution is -2.56. The summed E-state index contributed by atoms with van der Waals surface area (Å²) in [5, 5.41) is 3.21. The molecular weight excluding hydrogens is 236 g/mol. The Balaban J connectivity index is 2.14. The van der Waals surface area contributed by atoms with E-state index in [4.69, 9.17) is 5.73 Å². The minimum atomic E-state index is -0.211. The van der Waals surface area contributed by atoms with Crippen molar-refractivity contribution in [2.45, 2.75) is 45.1 Å². The summed E-state index contributed by atoms with van der Waals surface area (Å²) < 4.78 is 0. The number of nitrogens with two attached hydrogens (primary N) is 1. The van der Waals surface area contributed by atoms with Crippen LogP contribution in [-0.2, 0) is 0 Å². The third-order valence-electron chi connectivity index (χ3n) is 4.25. The smallest absolute Gasteiger partial charge is 0.252 e. The SMILES string of the molecule is Cc1ccccc1C(=O)NC1(CN)CCCC(C)C1. The van der Waals surface area contributed by atoms with Crippen LogP contribution in [0.2, 0.25) is 0 Å². The molecule has 0 bridgehead atoms. The van der Waals surface area contributed by atoms with Crippen LogP contribution in [0.15, 0.2) is 24.3 Å². The lowest BCUT2D eigenvalue weighted by molar-refractivity contribution is 0.0853. The van der Waals surface area contributed by atoms with E-state index in [0.717, 1.165) is 30.4 Å². The normalized spacial score (nSPS) is 27.0. The summed E-state index contributed by atoms with van der Waals surface area (Å²) in [5.41, 5.74) is 7.51. The van der Waals surface area contributed by atoms with Crippen LogP contribution in [-0.4, -0.2) is 18.0 Å². The Morgan fingerprint density at radius 1 is 1.47 bits per heavy atom. The Kier molecular flexibility index (Phi) is 4.25. The highest BCUT2D eigenvalue weighted by Gasteiger charge is 2.35. The molecule has 2 rings (SSSR count). The molecule has 0 spiro atoms. The van der Waals surface area contributed by atoms with E-state index in [1.165, 1.54) is 6.42 Å². The molecule has 0 aliphatic heterocycles. The highest BCUT2D eigenvalue weighted by molar-refractivity contribution is 5.96. The van der Waals surface area contributed by atoms with Crippen LogP contribution in [0.1, 0.15) is 48.5 Å². The predicted molar refractivity (Wildman–Crippen MR) is 78.1 cm³/mol. The number of carbonyl (C=O) groups is 1. The van der Waals surface area contributed by atoms with Gasteiger partial charge in [0.05, 0.1) is 5.54 Å². The molecule has 2 atom stereocenters. The van der Waals surface area contributed by atoms with Gasteiger partial charge in [-0.2, -0.15) is 0 Å². The van der Waals surface area contributed by atoms with Crippen molar-refractivity contribution in [3.63, 3.8) is 0 Å². The first-order valence-corrected chi connectivity index (χ1v) is 7.14. The topological polar surface area (TPSA) is 55.1 Å². The lowest BCUT2D eigenvalue weighted by Gasteiger charge is -2.40. The molecule has 1 amide bonds. The standard InChI is InChI=1S/C16H24N2O/c1-12-6-5-9-16(10-12,11-17)18-15(19)14-8-4-3-7-13(14)2/h3-4,7-8,12H,5-6,9-11,17H2,1-2H3,(H,18,19). The summed E-state index contributed by atoms with van der Waals surface area (Å²) in [4.78, 5) is 12.4. The van der Waals surface area contributed by atoms with Crippen molar-refractivity contribution in [3.05, 3.63) is 35.4 Å². The molecule has 3 heteroatoms. The van der Waals surface area contributed by atoms with Crippen molar-refractivity contribution in [1.82, 2.24) is 5.32 Å². The zero-order valence-corrected chi connectivity index (χ0v) is 11.9. The summed E-state index contributed by atoms with van der Waals surface area (Å²) in [6.45, 7) is 4.73. The van der Waals surface area contributed by atoms with Crippen LogP contribution >= 0.6 is 0 Å². The minimum absolute atomic E-state index is 0.0117. The quantitative estimate of drug-likeness (QED) is 0.877. The van der Waals surface area contributed by atoms with Gasteiger partial charge in [0.2, 0.25) is 0 Å². The van der Waals surface area contributed by atoms with Gasteiger partial charge in [0.15, 0.2) is 0 Å². The van der Waals surface area contributed by atoms with E-state index >= 15 is 0 Å². The Morgan fingerprint density at radius 2 is 2.21 bits per heavy atom. The van der Waals surface area contributed by atoms with Crippen LogP contribution in [0.3, 0.4) is 0 Å². The number of carbonyl (C=O) groups excluding carboxylic acids is 1. The number of benzene rings is 1. The second kappa shape index (κ2) is 5.74. The van der Waals surface area contributed by atoms with E-state index in [9.17, 15) is 4.79 Å². The Bertz CT molecular complexity index is 458. The zero-order chi connectivity index (χ0) is 13.9. The molecule has 1 aromatic carbocycles. The van der Waals surface area contributed by atoms with Gasteiger partial charge in [0.25, 0.3) is 5.91 Å². The third-order valence-corrected chi connectivity index (χ3v) is 4.25. The first kappa shape index (κ1) is 14.1. The number of nitrogens with one attached hydrogen (secondary N) is 1. The van der Waals surface area contributed by atoms with Gasteiger partial charge in [0.1, 0.15) is 0 Å². The predicted octanol–water partition coefficient (Wildman–Crippen LogP) is 2.63. The molecule has 19 heavy (non-hydrogen) atoms. The largest absolute Gasteiger partial charge is 0.345 e. The molecule has 3 nitrogen and oxygen atoms in total. The molecule has 1 fully saturated rings. The maximum Gasteiger partial charge on any atom is 0.252 e. The van der Waals surface area contributed by atoms with Gasteiger partial charge in [0, 0.05) is 12.1 Å². The van der Waals surface area contributed by atoms with E-state index in [1.54, 1.807) is 0 Å². The second-order valence-electron chi connectivity index (χ2n) is 5.96. The molecule has 0 heterocycles. The minimum Gasteiger partial charge on any atom is -0.345 e. The van der Waals surface area contributed by atoms with Gasteiger partial charge in [-0.25, -0.2) is 0 Å². The molecule has 0 saturated heterocycles. The monoisotopic (exact) mass is 260 g/mol. The van der Waals surface area contributed by atoms with Gasteiger partial charge in [-0.15, -0.1) is 0 Å². The summed E-state index contributed by atoms with van der Waals surface area (Å²) in [5.74, 6) is 0.645. The number of hydrogen-bond acceptors (Lipinski definition) is 2. The van der Waals surface area contributed by atoms with E-state index in [1.807, 2.05) is 31.2 Å². The average Bonchev–Trinajstić information content (AvgIpc) is 2.39. The fraction of sp³-hybridized carbons (Fsp3) is 0.562. The van der Waals surface area contributed by atoms with Crippen LogP contribution in [0.25, 0.3) is 0 Å². The highest BCUT2D eigenvalue weighted by atomic mass is 16.1.